The predicted octanol–water partition coefficient (Wildman–Crippen LogP) is 6.21. The second-order valence-electron chi connectivity index (χ2n) is 7.92. The third kappa shape index (κ3) is 5.21. The highest BCUT2D eigenvalue weighted by atomic mass is 79.9. The summed E-state index contributed by atoms with van der Waals surface area (Å²) in [5, 5.41) is 2.22. The van der Waals surface area contributed by atoms with Crippen molar-refractivity contribution in [1.29, 1.82) is 0 Å². The molecular weight excluding hydrogens is 583 g/mol. The maximum Gasteiger partial charge on any atom is 0.335 e. The fourth-order valence-electron chi connectivity index (χ4n) is 3.49. The molecule has 1 aliphatic heterocycles. The van der Waals surface area contributed by atoms with Crippen LogP contribution in [-0.2, 0) is 16.2 Å². The van der Waals surface area contributed by atoms with Gasteiger partial charge >= 0.3 is 6.03 Å². The second-order valence-corrected chi connectivity index (χ2v) is 9.63. The molecule has 4 rings (SSSR count). The zero-order valence-corrected chi connectivity index (χ0v) is 21.9. The van der Waals surface area contributed by atoms with Crippen LogP contribution in [0, 0.1) is 19.7 Å². The fraction of sp³-hybridized carbons (Fsp3) is 0.115. The van der Waals surface area contributed by atoms with Gasteiger partial charge in [0.1, 0.15) is 23.7 Å². The van der Waals surface area contributed by atoms with E-state index in [1.165, 1.54) is 12.1 Å². The number of rotatable bonds is 5. The van der Waals surface area contributed by atoms with Gasteiger partial charge in [0.05, 0.1) is 14.6 Å². The summed E-state index contributed by atoms with van der Waals surface area (Å²) in [5.41, 5.74) is 3.00. The lowest BCUT2D eigenvalue weighted by Gasteiger charge is -2.27. The van der Waals surface area contributed by atoms with Crippen LogP contribution in [0.15, 0.2) is 69.1 Å². The van der Waals surface area contributed by atoms with Crippen molar-refractivity contribution in [3.8, 4) is 5.75 Å². The van der Waals surface area contributed by atoms with Crippen molar-refractivity contribution in [2.75, 3.05) is 4.90 Å². The van der Waals surface area contributed by atoms with E-state index in [2.05, 4.69) is 37.2 Å². The molecular formula is C26H19Br2FN2O4. The third-order valence-electron chi connectivity index (χ3n) is 5.51. The Morgan fingerprint density at radius 3 is 2.31 bits per heavy atom. The molecule has 0 atom stereocenters. The maximum absolute atomic E-state index is 13.9. The molecule has 1 N–H and O–H groups in total. The van der Waals surface area contributed by atoms with E-state index in [1.807, 2.05) is 13.8 Å². The largest absolute Gasteiger partial charge is 0.486 e. The molecule has 0 unspecified atom stereocenters. The highest BCUT2D eigenvalue weighted by Gasteiger charge is 2.37. The highest BCUT2D eigenvalue weighted by Crippen LogP contribution is 2.36. The van der Waals surface area contributed by atoms with E-state index in [9.17, 15) is 18.8 Å². The van der Waals surface area contributed by atoms with Crippen LogP contribution in [0.3, 0.4) is 0 Å². The maximum atomic E-state index is 13.9. The molecule has 1 fully saturated rings. The number of imide groups is 2. The van der Waals surface area contributed by atoms with E-state index in [-0.39, 0.29) is 18.0 Å². The first-order valence-corrected chi connectivity index (χ1v) is 12.1. The molecule has 35 heavy (non-hydrogen) atoms. The second kappa shape index (κ2) is 10.1. The summed E-state index contributed by atoms with van der Waals surface area (Å²) in [7, 11) is 0. The Morgan fingerprint density at radius 2 is 1.66 bits per heavy atom. The topological polar surface area (TPSA) is 75.7 Å². The van der Waals surface area contributed by atoms with Crippen molar-refractivity contribution in [1.82, 2.24) is 5.32 Å². The molecule has 0 bridgehead atoms. The number of anilines is 1. The van der Waals surface area contributed by atoms with Crippen LogP contribution < -0.4 is 15.0 Å². The standard InChI is InChI=1S/C26H19Br2FN2O4/c1-14-7-8-18(9-15(14)2)31-25(33)19(24(32)30-26(31)34)10-16-11-20(27)23(21(28)12-16)35-13-17-5-3-4-6-22(17)29/h3-12H,13H2,1-2H3,(H,30,32,34)/b19-10+. The minimum atomic E-state index is -0.806. The molecule has 1 heterocycles. The number of hydrogen-bond acceptors (Lipinski definition) is 4. The average molecular weight is 602 g/mol. The van der Waals surface area contributed by atoms with Gasteiger partial charge < -0.3 is 4.74 Å². The first kappa shape index (κ1) is 24.8. The smallest absolute Gasteiger partial charge is 0.335 e. The Bertz CT molecular complexity index is 1380. The molecule has 1 aliphatic rings. The molecule has 0 spiro atoms. The van der Waals surface area contributed by atoms with Gasteiger partial charge in [-0.3, -0.25) is 14.9 Å². The molecule has 6 nitrogen and oxygen atoms in total. The summed E-state index contributed by atoms with van der Waals surface area (Å²) in [5.74, 6) is -1.45. The predicted molar refractivity (Wildman–Crippen MR) is 137 cm³/mol. The minimum absolute atomic E-state index is 0.0121. The van der Waals surface area contributed by atoms with E-state index in [4.69, 9.17) is 4.74 Å². The summed E-state index contributed by atoms with van der Waals surface area (Å²) >= 11 is 6.86. The monoisotopic (exact) mass is 600 g/mol. The Balaban J connectivity index is 1.62. The molecule has 9 heteroatoms. The van der Waals surface area contributed by atoms with Gasteiger partial charge in [0.15, 0.2) is 0 Å². The average Bonchev–Trinajstić information content (AvgIpc) is 2.79. The Kier molecular flexibility index (Phi) is 7.18. The number of ether oxygens (including phenoxy) is 1. The molecule has 0 saturated carbocycles. The van der Waals surface area contributed by atoms with Crippen molar-refractivity contribution in [3.05, 3.63) is 97.2 Å². The number of amides is 4. The van der Waals surface area contributed by atoms with Gasteiger partial charge in [-0.2, -0.15) is 0 Å². The van der Waals surface area contributed by atoms with Crippen molar-refractivity contribution < 1.29 is 23.5 Å². The van der Waals surface area contributed by atoms with Gasteiger partial charge in [0.2, 0.25) is 0 Å². The number of carbonyl (C=O) groups excluding carboxylic acids is 3. The Labute approximate surface area is 218 Å². The number of benzene rings is 3. The van der Waals surface area contributed by atoms with Crippen molar-refractivity contribution in [2.45, 2.75) is 20.5 Å². The summed E-state index contributed by atoms with van der Waals surface area (Å²) in [6, 6.07) is 14.0. The van der Waals surface area contributed by atoms with Crippen LogP contribution >= 0.6 is 31.9 Å². The van der Waals surface area contributed by atoms with Crippen LogP contribution in [0.4, 0.5) is 14.9 Å². The van der Waals surface area contributed by atoms with Gasteiger partial charge in [-0.1, -0.05) is 24.3 Å². The number of aryl methyl sites for hydroxylation is 2. The first-order chi connectivity index (χ1) is 16.7. The van der Waals surface area contributed by atoms with Gasteiger partial charge in [-0.15, -0.1) is 0 Å². The molecule has 178 valence electrons. The fourth-order valence-corrected chi connectivity index (χ4v) is 4.94. The number of carbonyl (C=O) groups is 3. The van der Waals surface area contributed by atoms with Gasteiger partial charge in [0, 0.05) is 5.56 Å². The summed E-state index contributed by atoms with van der Waals surface area (Å²) < 4.78 is 20.7. The molecule has 0 radical (unpaired) electrons. The van der Waals surface area contributed by atoms with Crippen LogP contribution in [0.1, 0.15) is 22.3 Å². The van der Waals surface area contributed by atoms with Gasteiger partial charge in [-0.25, -0.2) is 14.1 Å². The lowest BCUT2D eigenvalue weighted by atomic mass is 10.0. The molecule has 4 amide bonds. The summed E-state index contributed by atoms with van der Waals surface area (Å²) in [6.07, 6.45) is 1.40. The van der Waals surface area contributed by atoms with Gasteiger partial charge in [0.25, 0.3) is 11.8 Å². The van der Waals surface area contributed by atoms with E-state index in [1.54, 1.807) is 48.5 Å². The van der Waals surface area contributed by atoms with E-state index in [0.29, 0.717) is 31.5 Å². The number of halogens is 3. The molecule has 0 aromatic heterocycles. The SMILES string of the molecule is Cc1ccc(N2C(=O)NC(=O)/C(=C\c3cc(Br)c(OCc4ccccc4F)c(Br)c3)C2=O)cc1C. The normalized spacial score (nSPS) is 14.9. The highest BCUT2D eigenvalue weighted by molar-refractivity contribution is 9.11. The van der Waals surface area contributed by atoms with Crippen LogP contribution in [0.25, 0.3) is 6.08 Å². The lowest BCUT2D eigenvalue weighted by molar-refractivity contribution is -0.122. The zero-order valence-electron chi connectivity index (χ0n) is 18.7. The van der Waals surface area contributed by atoms with Gasteiger partial charge in [-0.05, 0) is 98.8 Å². The quantitative estimate of drug-likeness (QED) is 0.279. The molecule has 3 aromatic rings. The number of barbiturate groups is 1. The zero-order chi connectivity index (χ0) is 25.3. The molecule has 3 aromatic carbocycles. The summed E-state index contributed by atoms with van der Waals surface area (Å²) in [6.45, 7) is 3.81. The van der Waals surface area contributed by atoms with Crippen molar-refractivity contribution in [2.24, 2.45) is 0 Å². The number of hydrogen-bond donors (Lipinski definition) is 1. The molecule has 0 aliphatic carbocycles. The minimum Gasteiger partial charge on any atom is -0.486 e. The molecule has 1 saturated heterocycles. The van der Waals surface area contributed by atoms with E-state index < -0.39 is 17.8 Å². The Morgan fingerprint density at radius 1 is 0.971 bits per heavy atom. The van der Waals surface area contributed by atoms with E-state index in [0.717, 1.165) is 16.0 Å². The van der Waals surface area contributed by atoms with E-state index >= 15 is 0 Å². The van der Waals surface area contributed by atoms with Crippen LogP contribution in [-0.4, -0.2) is 17.8 Å². The third-order valence-corrected chi connectivity index (χ3v) is 6.69. The number of nitrogens with zero attached hydrogens (tertiary/aromatic N) is 1. The number of urea groups is 1. The number of nitrogens with one attached hydrogen (secondary N) is 1. The summed E-state index contributed by atoms with van der Waals surface area (Å²) in [4.78, 5) is 39.1. The lowest BCUT2D eigenvalue weighted by Crippen LogP contribution is -2.54. The van der Waals surface area contributed by atoms with Crippen LogP contribution in [0.5, 0.6) is 5.75 Å². The first-order valence-electron chi connectivity index (χ1n) is 10.5. The van der Waals surface area contributed by atoms with Crippen molar-refractivity contribution >= 4 is 61.5 Å². The van der Waals surface area contributed by atoms with Crippen LogP contribution in [0.2, 0.25) is 0 Å². The Hall–Kier alpha value is -3.30. The van der Waals surface area contributed by atoms with Crippen molar-refractivity contribution in [3.63, 3.8) is 0 Å².